The average molecular weight is 789 g/mol. The molecule has 56 heavy (non-hydrogen) atoms. The normalized spacial score (nSPS) is 21.2. The Morgan fingerprint density at radius 1 is 0.589 bits per heavy atom. The Labute approximate surface area is 338 Å². The standard InChI is InChI=1S/C46H76O10/c1-3-5-7-9-11-13-15-17-19-21-23-25-27-29-31-33-39(48)36-53-40(38-55-46-45(52)44(51)43(50)41(35-47)56-46)37-54-42(49)34-32-30-28-26-24-22-20-18-16-14-12-10-8-6-4-2/h5-8,11-14,17-20,40-41,43-47,50-52H,3-4,9-10,15-16,21-38H2,1-2H3/b7-5-,8-6-,13-11-,14-12-,19-17-,20-18-/t40?,41-,43-,44+,45-,46-/m1/s1. The van der Waals surface area contributed by atoms with Crippen LogP contribution in [0.5, 0.6) is 0 Å². The van der Waals surface area contributed by atoms with E-state index in [1.54, 1.807) is 0 Å². The Morgan fingerprint density at radius 2 is 1.07 bits per heavy atom. The third-order valence-electron chi connectivity index (χ3n) is 9.34. The lowest BCUT2D eigenvalue weighted by atomic mass is 9.99. The zero-order valence-corrected chi connectivity index (χ0v) is 34.6. The quantitative estimate of drug-likeness (QED) is 0.0280. The number of Topliss-reactive ketones (excluding diaryl/α,β-unsaturated/α-hetero) is 1. The number of carbonyl (C=O) groups is 2. The highest BCUT2D eigenvalue weighted by molar-refractivity contribution is 5.79. The third kappa shape index (κ3) is 27.8. The Bertz CT molecular complexity index is 1070. The molecule has 1 unspecified atom stereocenters. The van der Waals surface area contributed by atoms with Gasteiger partial charge in [0.25, 0.3) is 0 Å². The fourth-order valence-corrected chi connectivity index (χ4v) is 5.92. The van der Waals surface area contributed by atoms with Gasteiger partial charge in [-0.15, -0.1) is 0 Å². The summed E-state index contributed by atoms with van der Waals surface area (Å²) in [6, 6.07) is 0. The number of carbonyl (C=O) groups excluding carboxylic acids is 2. The van der Waals surface area contributed by atoms with E-state index in [1.807, 2.05) is 0 Å². The Kier molecular flexibility index (Phi) is 33.6. The number of ether oxygens (including phenoxy) is 4. The highest BCUT2D eigenvalue weighted by Crippen LogP contribution is 2.22. The van der Waals surface area contributed by atoms with Gasteiger partial charge in [-0.05, 0) is 77.0 Å². The topological polar surface area (TPSA) is 152 Å². The summed E-state index contributed by atoms with van der Waals surface area (Å²) >= 11 is 0. The summed E-state index contributed by atoms with van der Waals surface area (Å²) in [5.41, 5.74) is 0. The Hall–Kier alpha value is -2.70. The van der Waals surface area contributed by atoms with Gasteiger partial charge in [-0.3, -0.25) is 9.59 Å². The van der Waals surface area contributed by atoms with Crippen LogP contribution in [0.15, 0.2) is 72.9 Å². The molecule has 0 saturated carbocycles. The van der Waals surface area contributed by atoms with Gasteiger partial charge in [-0.2, -0.15) is 0 Å². The Morgan fingerprint density at radius 3 is 1.61 bits per heavy atom. The molecule has 0 amide bonds. The first-order chi connectivity index (χ1) is 27.3. The summed E-state index contributed by atoms with van der Waals surface area (Å²) < 4.78 is 22.4. The molecule has 10 heteroatoms. The van der Waals surface area contributed by atoms with Crippen LogP contribution in [-0.4, -0.2) is 95.4 Å². The maximum Gasteiger partial charge on any atom is 0.305 e. The number of rotatable bonds is 35. The van der Waals surface area contributed by atoms with Gasteiger partial charge in [0, 0.05) is 12.8 Å². The zero-order chi connectivity index (χ0) is 40.9. The van der Waals surface area contributed by atoms with Crippen LogP contribution < -0.4 is 0 Å². The van der Waals surface area contributed by atoms with Crippen LogP contribution in [0, 0.1) is 0 Å². The van der Waals surface area contributed by atoms with E-state index in [4.69, 9.17) is 18.9 Å². The zero-order valence-electron chi connectivity index (χ0n) is 34.6. The van der Waals surface area contributed by atoms with Crippen molar-refractivity contribution in [1.82, 2.24) is 0 Å². The number of allylic oxidation sites excluding steroid dienone is 12. The van der Waals surface area contributed by atoms with Crippen molar-refractivity contribution >= 4 is 11.8 Å². The van der Waals surface area contributed by atoms with E-state index in [2.05, 4.69) is 86.8 Å². The van der Waals surface area contributed by atoms with Gasteiger partial charge in [0.1, 0.15) is 43.7 Å². The lowest BCUT2D eigenvalue weighted by Gasteiger charge is -2.39. The number of aliphatic hydroxyl groups is 4. The molecule has 6 atom stereocenters. The van der Waals surface area contributed by atoms with Gasteiger partial charge in [0.15, 0.2) is 12.1 Å². The van der Waals surface area contributed by atoms with Gasteiger partial charge in [-0.25, -0.2) is 0 Å². The number of aliphatic hydroxyl groups excluding tert-OH is 4. The molecule has 0 aromatic heterocycles. The molecule has 1 fully saturated rings. The second-order valence-electron chi connectivity index (χ2n) is 14.4. The van der Waals surface area contributed by atoms with Crippen molar-refractivity contribution in [2.75, 3.05) is 26.4 Å². The Balaban J connectivity index is 2.37. The van der Waals surface area contributed by atoms with Crippen LogP contribution in [0.1, 0.15) is 142 Å². The fourth-order valence-electron chi connectivity index (χ4n) is 5.92. The molecular weight excluding hydrogens is 712 g/mol. The minimum Gasteiger partial charge on any atom is -0.463 e. The molecule has 1 rings (SSSR count). The minimum atomic E-state index is -1.59. The molecule has 0 aromatic carbocycles. The maximum atomic E-state index is 12.7. The van der Waals surface area contributed by atoms with E-state index >= 15 is 0 Å². The van der Waals surface area contributed by atoms with E-state index in [-0.39, 0.29) is 38.0 Å². The van der Waals surface area contributed by atoms with Crippen molar-refractivity contribution in [3.05, 3.63) is 72.9 Å². The molecule has 320 valence electrons. The van der Waals surface area contributed by atoms with Crippen LogP contribution in [0.4, 0.5) is 0 Å². The monoisotopic (exact) mass is 789 g/mol. The largest absolute Gasteiger partial charge is 0.463 e. The van der Waals surface area contributed by atoms with Gasteiger partial charge < -0.3 is 39.4 Å². The summed E-state index contributed by atoms with van der Waals surface area (Å²) in [6.45, 7) is 3.12. The molecular formula is C46H76O10. The summed E-state index contributed by atoms with van der Waals surface area (Å²) in [6.07, 6.45) is 37.1. The molecule has 0 aromatic rings. The highest BCUT2D eigenvalue weighted by Gasteiger charge is 2.44. The van der Waals surface area contributed by atoms with Gasteiger partial charge in [0.05, 0.1) is 13.2 Å². The van der Waals surface area contributed by atoms with Gasteiger partial charge in [0.2, 0.25) is 0 Å². The smallest absolute Gasteiger partial charge is 0.305 e. The van der Waals surface area contributed by atoms with E-state index in [0.717, 1.165) is 109 Å². The summed E-state index contributed by atoms with van der Waals surface area (Å²) in [5, 5.41) is 40.0. The number of ketones is 1. The molecule has 1 aliphatic heterocycles. The van der Waals surface area contributed by atoms with Crippen molar-refractivity contribution in [3.63, 3.8) is 0 Å². The molecule has 0 radical (unpaired) electrons. The van der Waals surface area contributed by atoms with Gasteiger partial charge in [-0.1, -0.05) is 125 Å². The molecule has 0 aliphatic carbocycles. The number of esters is 1. The van der Waals surface area contributed by atoms with Gasteiger partial charge >= 0.3 is 5.97 Å². The van der Waals surface area contributed by atoms with Crippen LogP contribution >= 0.6 is 0 Å². The first-order valence-electron chi connectivity index (χ1n) is 21.4. The number of unbranched alkanes of at least 4 members (excludes halogenated alkanes) is 10. The predicted molar refractivity (Wildman–Crippen MR) is 224 cm³/mol. The molecule has 1 heterocycles. The average Bonchev–Trinajstić information content (AvgIpc) is 3.20. The second-order valence-corrected chi connectivity index (χ2v) is 14.4. The number of hydrogen-bond acceptors (Lipinski definition) is 10. The van der Waals surface area contributed by atoms with Crippen molar-refractivity contribution in [2.24, 2.45) is 0 Å². The molecule has 1 aliphatic rings. The van der Waals surface area contributed by atoms with Crippen molar-refractivity contribution in [2.45, 2.75) is 179 Å². The lowest BCUT2D eigenvalue weighted by Crippen LogP contribution is -2.59. The van der Waals surface area contributed by atoms with Crippen LogP contribution in [0.3, 0.4) is 0 Å². The van der Waals surface area contributed by atoms with Crippen LogP contribution in [-0.2, 0) is 28.5 Å². The second kappa shape index (κ2) is 36.6. The van der Waals surface area contributed by atoms with E-state index < -0.39 is 43.4 Å². The molecule has 0 spiro atoms. The predicted octanol–water partition coefficient (Wildman–Crippen LogP) is 8.48. The molecule has 4 N–H and O–H groups in total. The van der Waals surface area contributed by atoms with Crippen molar-refractivity contribution in [1.29, 1.82) is 0 Å². The molecule has 0 bridgehead atoms. The summed E-state index contributed by atoms with van der Waals surface area (Å²) in [5.74, 6) is -0.445. The molecule has 1 saturated heterocycles. The number of hydrogen-bond donors (Lipinski definition) is 4. The SMILES string of the molecule is CC/C=C\C/C=C\C/C=C\CCCCCCCC(=O)COC(COC(=O)CCCCCCC/C=C\C/C=C\C/C=C\CC)CO[C@@H]1O[C@H](CO)[C@@H](O)[C@H](O)[C@H]1O. The lowest BCUT2D eigenvalue weighted by molar-refractivity contribution is -0.305. The molecule has 10 nitrogen and oxygen atoms in total. The van der Waals surface area contributed by atoms with Crippen LogP contribution in [0.25, 0.3) is 0 Å². The third-order valence-corrected chi connectivity index (χ3v) is 9.34. The van der Waals surface area contributed by atoms with E-state index in [1.165, 1.54) is 0 Å². The first kappa shape index (κ1) is 51.3. The fraction of sp³-hybridized carbons (Fsp3) is 0.696. The van der Waals surface area contributed by atoms with Crippen molar-refractivity contribution < 1.29 is 49.0 Å². The maximum absolute atomic E-state index is 12.7. The van der Waals surface area contributed by atoms with Crippen molar-refractivity contribution in [3.8, 4) is 0 Å². The van der Waals surface area contributed by atoms with Crippen LogP contribution in [0.2, 0.25) is 0 Å². The minimum absolute atomic E-state index is 0.0712. The first-order valence-corrected chi connectivity index (χ1v) is 21.4. The van der Waals surface area contributed by atoms with E-state index in [0.29, 0.717) is 12.8 Å². The van der Waals surface area contributed by atoms with E-state index in [9.17, 15) is 30.0 Å². The highest BCUT2D eigenvalue weighted by atomic mass is 16.7. The summed E-state index contributed by atoms with van der Waals surface area (Å²) in [4.78, 5) is 25.2. The summed E-state index contributed by atoms with van der Waals surface area (Å²) in [7, 11) is 0.